The number of fused-ring (bicyclic) bond motifs is 1. The Balaban J connectivity index is 1.26. The van der Waals surface area contributed by atoms with E-state index in [1.807, 2.05) is 24.2 Å². The third kappa shape index (κ3) is 5.83. The molecule has 7 rings (SSSR count). The van der Waals surface area contributed by atoms with Crippen LogP contribution in [0.15, 0.2) is 53.5 Å². The highest BCUT2D eigenvalue weighted by Crippen LogP contribution is 2.38. The molecular weight excluding hydrogens is 577 g/mol. The van der Waals surface area contributed by atoms with E-state index in [-0.39, 0.29) is 17.5 Å². The number of anilines is 3. The fourth-order valence-electron chi connectivity index (χ4n) is 6.30. The fourth-order valence-corrected chi connectivity index (χ4v) is 7.16. The zero-order chi connectivity index (χ0) is 30.2. The van der Waals surface area contributed by atoms with Gasteiger partial charge in [-0.25, -0.2) is 9.37 Å². The Labute approximate surface area is 260 Å². The van der Waals surface area contributed by atoms with Crippen molar-refractivity contribution < 1.29 is 9.13 Å². The van der Waals surface area contributed by atoms with Crippen LogP contribution in [-0.2, 0) is 11.3 Å². The van der Waals surface area contributed by atoms with Crippen LogP contribution < -0.4 is 20.7 Å². The van der Waals surface area contributed by atoms with Crippen molar-refractivity contribution in [3.05, 3.63) is 69.7 Å². The zero-order valence-electron chi connectivity index (χ0n) is 24.8. The van der Waals surface area contributed by atoms with E-state index in [1.54, 1.807) is 16.7 Å². The number of aryl methyl sites for hydroxylation is 1. The molecule has 4 heterocycles. The van der Waals surface area contributed by atoms with Crippen molar-refractivity contribution in [3.63, 3.8) is 0 Å². The van der Waals surface area contributed by atoms with Crippen LogP contribution in [0.2, 0.25) is 0 Å². The lowest BCUT2D eigenvalue weighted by atomic mass is 10.1. The van der Waals surface area contributed by atoms with Gasteiger partial charge in [0.05, 0.1) is 18.4 Å². The van der Waals surface area contributed by atoms with Crippen LogP contribution in [0.3, 0.4) is 0 Å². The molecule has 4 aromatic rings. The van der Waals surface area contributed by atoms with Gasteiger partial charge in [-0.05, 0) is 61.7 Å². The number of rotatable bonds is 8. The van der Waals surface area contributed by atoms with Crippen LogP contribution in [0, 0.1) is 17.1 Å². The molecule has 1 atom stereocenters. The van der Waals surface area contributed by atoms with E-state index in [0.717, 1.165) is 68.5 Å². The molecule has 9 nitrogen and oxygen atoms in total. The van der Waals surface area contributed by atoms with Gasteiger partial charge in [0.25, 0.3) is 5.56 Å². The van der Waals surface area contributed by atoms with Crippen LogP contribution in [0.25, 0.3) is 22.0 Å². The van der Waals surface area contributed by atoms with Gasteiger partial charge < -0.3 is 24.4 Å². The molecule has 0 radical (unpaired) electrons. The number of hydrogen-bond acceptors (Lipinski definition) is 9. The highest BCUT2D eigenvalue weighted by atomic mass is 32.1. The second kappa shape index (κ2) is 12.3. The molecule has 1 N–H and O–H groups in total. The van der Waals surface area contributed by atoms with Gasteiger partial charge in [-0.15, -0.1) is 0 Å². The van der Waals surface area contributed by atoms with Gasteiger partial charge in [0.15, 0.2) is 5.13 Å². The first kappa shape index (κ1) is 28.9. The summed E-state index contributed by atoms with van der Waals surface area (Å²) < 4.78 is 21.3. The third-order valence-electron chi connectivity index (χ3n) is 8.97. The smallest absolute Gasteiger partial charge is 0.258 e. The molecule has 44 heavy (non-hydrogen) atoms. The average molecular weight is 614 g/mol. The number of ether oxygens (including phenoxy) is 1. The Morgan fingerprint density at radius 2 is 1.93 bits per heavy atom. The molecule has 1 saturated carbocycles. The third-order valence-corrected chi connectivity index (χ3v) is 10.0. The molecule has 0 spiro atoms. The van der Waals surface area contributed by atoms with Gasteiger partial charge in [0.2, 0.25) is 0 Å². The molecule has 228 valence electrons. The predicted octanol–water partition coefficient (Wildman–Crippen LogP) is 4.57. The maximum absolute atomic E-state index is 13.8. The standard InChI is InChI=1S/C33H36FN7O2S/c1-38(33-37-31(30(19-35)44-33)22-2-4-23(34)5-3-22)29-21-41(12-10-26-20-36-11-17-43-26)32(42)27-9-8-25(18-28(27)29)40-15-13-39(14-16-40)24-6-7-24/h2-5,8-9,18,21,24,26,36H,6-7,10-17,20H2,1H3. The van der Waals surface area contributed by atoms with Crippen molar-refractivity contribution in [2.75, 3.05) is 62.7 Å². The van der Waals surface area contributed by atoms with Gasteiger partial charge in [-0.1, -0.05) is 11.3 Å². The molecule has 2 aliphatic heterocycles. The number of hydrogen-bond donors (Lipinski definition) is 1. The minimum absolute atomic E-state index is 0.0325. The number of morpholine rings is 1. The van der Waals surface area contributed by atoms with Gasteiger partial charge >= 0.3 is 0 Å². The molecular formula is C33H36FN7O2S. The molecule has 1 unspecified atom stereocenters. The molecule has 0 bridgehead atoms. The molecule has 3 fully saturated rings. The van der Waals surface area contributed by atoms with Crippen LogP contribution in [-0.4, -0.2) is 79.5 Å². The zero-order valence-corrected chi connectivity index (χ0v) is 25.7. The lowest BCUT2D eigenvalue weighted by Gasteiger charge is -2.36. The second-order valence-corrected chi connectivity index (χ2v) is 12.8. The van der Waals surface area contributed by atoms with Crippen LogP contribution in [0.1, 0.15) is 24.1 Å². The van der Waals surface area contributed by atoms with E-state index in [1.165, 1.54) is 36.3 Å². The Morgan fingerprint density at radius 3 is 2.64 bits per heavy atom. The van der Waals surface area contributed by atoms with Crippen molar-refractivity contribution in [2.45, 2.75) is 38.0 Å². The Kier molecular flexibility index (Phi) is 8.08. The minimum atomic E-state index is -0.340. The SMILES string of the molecule is CN(c1nc(-c2ccc(F)cc2)c(C#N)s1)c1cn(CCC2CNCCO2)c(=O)c2ccc(N3CCN(C4CC4)CC3)cc12. The molecule has 2 saturated heterocycles. The number of halogens is 1. The average Bonchev–Trinajstić information content (AvgIpc) is 3.83. The predicted molar refractivity (Wildman–Crippen MR) is 173 cm³/mol. The number of piperazine rings is 1. The summed E-state index contributed by atoms with van der Waals surface area (Å²) in [5.74, 6) is -0.340. The van der Waals surface area contributed by atoms with E-state index >= 15 is 0 Å². The summed E-state index contributed by atoms with van der Waals surface area (Å²) >= 11 is 1.29. The molecule has 2 aromatic carbocycles. The molecule has 11 heteroatoms. The van der Waals surface area contributed by atoms with Gasteiger partial charge in [-0.3, -0.25) is 9.69 Å². The van der Waals surface area contributed by atoms with Crippen molar-refractivity contribution in [3.8, 4) is 17.3 Å². The Bertz CT molecular complexity index is 1750. The molecule has 2 aromatic heterocycles. The minimum Gasteiger partial charge on any atom is -0.376 e. The number of nitrogens with zero attached hydrogens (tertiary/aromatic N) is 6. The van der Waals surface area contributed by atoms with Crippen LogP contribution in [0.4, 0.5) is 20.9 Å². The summed E-state index contributed by atoms with van der Waals surface area (Å²) in [6.07, 6.45) is 5.32. The molecule has 1 aliphatic carbocycles. The largest absolute Gasteiger partial charge is 0.376 e. The van der Waals surface area contributed by atoms with Gasteiger partial charge in [0.1, 0.15) is 22.5 Å². The topological polar surface area (TPSA) is 89.7 Å². The number of benzene rings is 2. The first-order valence-electron chi connectivity index (χ1n) is 15.4. The van der Waals surface area contributed by atoms with Crippen molar-refractivity contribution >= 4 is 38.6 Å². The second-order valence-electron chi connectivity index (χ2n) is 11.8. The van der Waals surface area contributed by atoms with Crippen molar-refractivity contribution in [1.29, 1.82) is 5.26 Å². The quantitative estimate of drug-likeness (QED) is 0.309. The number of nitrogens with one attached hydrogen (secondary N) is 1. The molecule has 3 aliphatic rings. The van der Waals surface area contributed by atoms with E-state index in [0.29, 0.717) is 39.8 Å². The van der Waals surface area contributed by atoms with Gasteiger partial charge in [-0.2, -0.15) is 5.26 Å². The summed E-state index contributed by atoms with van der Waals surface area (Å²) in [6.45, 7) is 6.83. The summed E-state index contributed by atoms with van der Waals surface area (Å²) in [7, 11) is 1.92. The Morgan fingerprint density at radius 1 is 1.14 bits per heavy atom. The first-order valence-corrected chi connectivity index (χ1v) is 16.2. The Hall–Kier alpha value is -3.82. The van der Waals surface area contributed by atoms with E-state index in [4.69, 9.17) is 9.72 Å². The summed E-state index contributed by atoms with van der Waals surface area (Å²) in [5, 5.41) is 15.4. The van der Waals surface area contributed by atoms with Crippen molar-refractivity contribution in [1.82, 2.24) is 19.8 Å². The number of pyridine rings is 1. The van der Waals surface area contributed by atoms with E-state index < -0.39 is 0 Å². The summed E-state index contributed by atoms with van der Waals surface area (Å²) in [6, 6.07) is 15.2. The number of thiazole rings is 1. The lowest BCUT2D eigenvalue weighted by molar-refractivity contribution is 0.0209. The maximum atomic E-state index is 13.8. The number of nitriles is 1. The lowest BCUT2D eigenvalue weighted by Crippen LogP contribution is -2.47. The monoisotopic (exact) mass is 613 g/mol. The van der Waals surface area contributed by atoms with Crippen LogP contribution >= 0.6 is 11.3 Å². The highest BCUT2D eigenvalue weighted by molar-refractivity contribution is 7.16. The number of aromatic nitrogens is 2. The first-order chi connectivity index (χ1) is 21.5. The summed E-state index contributed by atoms with van der Waals surface area (Å²) in [5.41, 5.74) is 3.11. The normalized spacial score (nSPS) is 19.3. The van der Waals surface area contributed by atoms with Crippen molar-refractivity contribution in [2.24, 2.45) is 0 Å². The van der Waals surface area contributed by atoms with E-state index in [2.05, 4.69) is 33.3 Å². The van der Waals surface area contributed by atoms with Gasteiger partial charge in [0, 0.05) is 87.1 Å². The van der Waals surface area contributed by atoms with E-state index in [9.17, 15) is 14.4 Å². The highest BCUT2D eigenvalue weighted by Gasteiger charge is 2.31. The fraction of sp³-hybridized carbons (Fsp3) is 0.424. The van der Waals surface area contributed by atoms with Crippen LogP contribution in [0.5, 0.6) is 0 Å². The molecule has 0 amide bonds. The summed E-state index contributed by atoms with van der Waals surface area (Å²) in [4.78, 5) is 26.1. The maximum Gasteiger partial charge on any atom is 0.258 e.